The molecule has 0 spiro atoms. The Bertz CT molecular complexity index is 3230. The largest absolute Gasteiger partial charge is 0.0616 e. The van der Waals surface area contributed by atoms with Crippen LogP contribution in [0.25, 0.3) is 110 Å². The SMILES string of the molecule is C(=C\c1ccc(-c2cccc3ccccc23)c2ccccc12)/c1ccc(-c2c3ccccc3c(-c3c4ccccc4cc4ccccc34)c3ccccc23)cc1. The molecule has 0 aliphatic rings. The standard InChI is InChI=1S/C56H36/c1-4-18-43-38(14-1)17-13-27-48(43)49-35-34-39(44-19-7-8-22-47(44)49)31-28-37-29-32-40(33-30-37)54-50-23-9-11-25-52(50)56(53-26-12-10-24-51(53)54)55-45-20-5-2-15-41(45)36-42-16-3-6-21-46(42)55/h1-36H/b31-28+. The number of benzene rings is 11. The Morgan fingerprint density at radius 1 is 0.250 bits per heavy atom. The predicted octanol–water partition coefficient (Wildman–Crippen LogP) is 15.8. The Morgan fingerprint density at radius 3 is 1.32 bits per heavy atom. The van der Waals surface area contributed by atoms with E-state index in [0.29, 0.717) is 0 Å². The molecule has 11 aromatic rings. The molecule has 56 heavy (non-hydrogen) atoms. The van der Waals surface area contributed by atoms with Crippen LogP contribution in [0.1, 0.15) is 11.1 Å². The molecule has 0 N–H and O–H groups in total. The van der Waals surface area contributed by atoms with Crippen LogP contribution in [0.2, 0.25) is 0 Å². The normalized spacial score (nSPS) is 11.9. The molecule has 0 aliphatic heterocycles. The van der Waals surface area contributed by atoms with E-state index >= 15 is 0 Å². The van der Waals surface area contributed by atoms with Crippen LogP contribution in [0.4, 0.5) is 0 Å². The van der Waals surface area contributed by atoms with Crippen molar-refractivity contribution >= 4 is 76.8 Å². The summed E-state index contributed by atoms with van der Waals surface area (Å²) in [6, 6.07) is 75.6. The summed E-state index contributed by atoms with van der Waals surface area (Å²) in [6.07, 6.45) is 4.51. The van der Waals surface area contributed by atoms with E-state index in [9.17, 15) is 0 Å². The second kappa shape index (κ2) is 13.2. The molecule has 0 bridgehead atoms. The van der Waals surface area contributed by atoms with Gasteiger partial charge in [0, 0.05) is 0 Å². The maximum atomic E-state index is 2.33. The third-order valence-electron chi connectivity index (χ3n) is 11.6. The highest BCUT2D eigenvalue weighted by Crippen LogP contribution is 2.47. The van der Waals surface area contributed by atoms with Crippen molar-refractivity contribution in [3.63, 3.8) is 0 Å². The highest BCUT2D eigenvalue weighted by Gasteiger charge is 2.20. The lowest BCUT2D eigenvalue weighted by atomic mass is 9.83. The zero-order valence-electron chi connectivity index (χ0n) is 30.8. The lowest BCUT2D eigenvalue weighted by molar-refractivity contribution is 1.63. The van der Waals surface area contributed by atoms with E-state index in [1.807, 2.05) is 0 Å². The maximum absolute atomic E-state index is 2.33. The van der Waals surface area contributed by atoms with Gasteiger partial charge in [0.2, 0.25) is 0 Å². The van der Waals surface area contributed by atoms with Gasteiger partial charge < -0.3 is 0 Å². The fourth-order valence-electron chi connectivity index (χ4n) is 9.10. The molecule has 0 heteroatoms. The summed E-state index contributed by atoms with van der Waals surface area (Å²) in [5, 5.41) is 15.2. The smallest absolute Gasteiger partial charge is 0.00139 e. The molecule has 11 aromatic carbocycles. The molecule has 0 amide bonds. The van der Waals surface area contributed by atoms with Crippen LogP contribution in [0, 0.1) is 0 Å². The summed E-state index contributed by atoms with van der Waals surface area (Å²) in [5.41, 5.74) is 10.00. The summed E-state index contributed by atoms with van der Waals surface area (Å²) in [4.78, 5) is 0. The van der Waals surface area contributed by atoms with Crippen LogP contribution >= 0.6 is 0 Å². The van der Waals surface area contributed by atoms with Gasteiger partial charge in [0.05, 0.1) is 0 Å². The van der Waals surface area contributed by atoms with Crippen molar-refractivity contribution in [3.05, 3.63) is 217 Å². The van der Waals surface area contributed by atoms with Crippen molar-refractivity contribution in [1.29, 1.82) is 0 Å². The van der Waals surface area contributed by atoms with Crippen molar-refractivity contribution in [3.8, 4) is 33.4 Å². The molecule has 0 saturated carbocycles. The second-order valence-electron chi connectivity index (χ2n) is 14.8. The van der Waals surface area contributed by atoms with Crippen LogP contribution < -0.4 is 0 Å². The number of fused-ring (bicyclic) bond motifs is 6. The molecular weight excluding hydrogens is 673 g/mol. The van der Waals surface area contributed by atoms with E-state index in [1.54, 1.807) is 0 Å². The fourth-order valence-corrected chi connectivity index (χ4v) is 9.10. The lowest BCUT2D eigenvalue weighted by Crippen LogP contribution is -1.93. The monoisotopic (exact) mass is 708 g/mol. The van der Waals surface area contributed by atoms with Gasteiger partial charge in [-0.1, -0.05) is 212 Å². The van der Waals surface area contributed by atoms with Crippen molar-refractivity contribution in [2.24, 2.45) is 0 Å². The Balaban J connectivity index is 1.02. The van der Waals surface area contributed by atoms with Crippen LogP contribution in [0.15, 0.2) is 206 Å². The van der Waals surface area contributed by atoms with E-state index in [4.69, 9.17) is 0 Å². The Kier molecular flexibility index (Phi) is 7.60. The topological polar surface area (TPSA) is 0 Å². The second-order valence-corrected chi connectivity index (χ2v) is 14.8. The first-order chi connectivity index (χ1) is 27.8. The average Bonchev–Trinajstić information content (AvgIpc) is 3.27. The predicted molar refractivity (Wildman–Crippen MR) is 243 cm³/mol. The Labute approximate surface area is 326 Å². The van der Waals surface area contributed by atoms with Crippen molar-refractivity contribution in [1.82, 2.24) is 0 Å². The van der Waals surface area contributed by atoms with Gasteiger partial charge in [-0.2, -0.15) is 0 Å². The molecule has 0 aromatic heterocycles. The van der Waals surface area contributed by atoms with E-state index in [-0.39, 0.29) is 0 Å². The van der Waals surface area contributed by atoms with Gasteiger partial charge in [0.1, 0.15) is 0 Å². The first kappa shape index (κ1) is 32.2. The summed E-state index contributed by atoms with van der Waals surface area (Å²) in [7, 11) is 0. The number of hydrogen-bond acceptors (Lipinski definition) is 0. The van der Waals surface area contributed by atoms with Gasteiger partial charge in [-0.3, -0.25) is 0 Å². The minimum absolute atomic E-state index is 1.17. The van der Waals surface area contributed by atoms with Crippen LogP contribution in [0.5, 0.6) is 0 Å². The molecule has 0 heterocycles. The number of rotatable bonds is 5. The first-order valence-electron chi connectivity index (χ1n) is 19.4. The molecule has 0 aliphatic carbocycles. The summed E-state index contributed by atoms with van der Waals surface area (Å²) in [5.74, 6) is 0. The molecular formula is C56H36. The van der Waals surface area contributed by atoms with Gasteiger partial charge in [-0.05, 0) is 115 Å². The highest BCUT2D eigenvalue weighted by molar-refractivity contribution is 6.27. The van der Waals surface area contributed by atoms with Crippen LogP contribution in [-0.4, -0.2) is 0 Å². The molecule has 0 unspecified atom stereocenters. The Morgan fingerprint density at radius 2 is 0.696 bits per heavy atom. The van der Waals surface area contributed by atoms with Crippen molar-refractivity contribution < 1.29 is 0 Å². The summed E-state index contributed by atoms with van der Waals surface area (Å²) >= 11 is 0. The zero-order chi connectivity index (χ0) is 37.0. The molecule has 260 valence electrons. The third kappa shape index (κ3) is 5.22. The van der Waals surface area contributed by atoms with Crippen molar-refractivity contribution in [2.45, 2.75) is 0 Å². The molecule has 11 rings (SSSR count). The molecule has 0 radical (unpaired) electrons. The van der Waals surface area contributed by atoms with Gasteiger partial charge in [-0.25, -0.2) is 0 Å². The van der Waals surface area contributed by atoms with Gasteiger partial charge in [-0.15, -0.1) is 0 Å². The van der Waals surface area contributed by atoms with Crippen molar-refractivity contribution in [2.75, 3.05) is 0 Å². The molecule has 0 saturated heterocycles. The molecule has 0 nitrogen and oxygen atoms in total. The first-order valence-corrected chi connectivity index (χ1v) is 19.4. The van der Waals surface area contributed by atoms with E-state index in [0.717, 1.165) is 0 Å². The van der Waals surface area contributed by atoms with Crippen LogP contribution in [-0.2, 0) is 0 Å². The average molecular weight is 709 g/mol. The summed E-state index contributed by atoms with van der Waals surface area (Å²) in [6.45, 7) is 0. The maximum Gasteiger partial charge on any atom is -0.00139 e. The fraction of sp³-hybridized carbons (Fsp3) is 0. The molecule has 0 fully saturated rings. The van der Waals surface area contributed by atoms with E-state index < -0.39 is 0 Å². The van der Waals surface area contributed by atoms with E-state index in [2.05, 4.69) is 218 Å². The van der Waals surface area contributed by atoms with Crippen LogP contribution in [0.3, 0.4) is 0 Å². The van der Waals surface area contributed by atoms with E-state index in [1.165, 1.54) is 109 Å². The molecule has 0 atom stereocenters. The Hall–Kier alpha value is -7.28. The minimum atomic E-state index is 1.17. The quantitative estimate of drug-likeness (QED) is 0.123. The van der Waals surface area contributed by atoms with Gasteiger partial charge in [0.25, 0.3) is 0 Å². The highest BCUT2D eigenvalue weighted by atomic mass is 14.2. The minimum Gasteiger partial charge on any atom is -0.0616 e. The zero-order valence-corrected chi connectivity index (χ0v) is 30.8. The summed E-state index contributed by atoms with van der Waals surface area (Å²) < 4.78 is 0. The van der Waals surface area contributed by atoms with Gasteiger partial charge in [0.15, 0.2) is 0 Å². The third-order valence-corrected chi connectivity index (χ3v) is 11.6. The lowest BCUT2D eigenvalue weighted by Gasteiger charge is -2.20. The number of hydrogen-bond donors (Lipinski definition) is 0. The van der Waals surface area contributed by atoms with Gasteiger partial charge >= 0.3 is 0 Å².